The number of benzene rings is 1. The Kier molecular flexibility index (Phi) is 4.87. The van der Waals surface area contributed by atoms with Gasteiger partial charge in [0.05, 0.1) is 11.3 Å². The lowest BCUT2D eigenvalue weighted by Crippen LogP contribution is -2.51. The SMILES string of the molecule is CCC(C)(NC(=O)c1ccn(-c2cccc(C(F)(F)F)c2)n1)C(=O)O. The summed E-state index contributed by atoms with van der Waals surface area (Å²) >= 11 is 0. The molecule has 0 fully saturated rings. The Morgan fingerprint density at radius 3 is 2.52 bits per heavy atom. The van der Waals surface area contributed by atoms with E-state index in [1.807, 2.05) is 0 Å². The number of nitrogens with zero attached hydrogens (tertiary/aromatic N) is 2. The van der Waals surface area contributed by atoms with Gasteiger partial charge >= 0.3 is 12.1 Å². The average Bonchev–Trinajstić information content (AvgIpc) is 3.04. The number of carbonyl (C=O) groups is 2. The second-order valence-corrected chi connectivity index (χ2v) is 5.64. The average molecular weight is 355 g/mol. The van der Waals surface area contributed by atoms with Crippen molar-refractivity contribution in [3.63, 3.8) is 0 Å². The first-order valence-corrected chi connectivity index (χ1v) is 7.36. The molecular weight excluding hydrogens is 339 g/mol. The number of rotatable bonds is 5. The van der Waals surface area contributed by atoms with E-state index in [-0.39, 0.29) is 17.8 Å². The Morgan fingerprint density at radius 1 is 1.28 bits per heavy atom. The number of halogens is 3. The first kappa shape index (κ1) is 18.5. The smallest absolute Gasteiger partial charge is 0.416 e. The Balaban J connectivity index is 2.26. The molecule has 2 N–H and O–H groups in total. The number of aromatic nitrogens is 2. The molecule has 1 atom stereocenters. The quantitative estimate of drug-likeness (QED) is 0.864. The van der Waals surface area contributed by atoms with Crippen LogP contribution in [0, 0.1) is 0 Å². The fourth-order valence-corrected chi connectivity index (χ4v) is 2.02. The topological polar surface area (TPSA) is 84.2 Å². The summed E-state index contributed by atoms with van der Waals surface area (Å²) < 4.78 is 39.4. The first-order chi connectivity index (χ1) is 11.6. The molecule has 0 bridgehead atoms. The van der Waals surface area contributed by atoms with Crippen LogP contribution in [-0.4, -0.2) is 32.3 Å². The van der Waals surface area contributed by atoms with Gasteiger partial charge in [-0.25, -0.2) is 9.48 Å². The Hall–Kier alpha value is -2.84. The van der Waals surface area contributed by atoms with Gasteiger partial charge in [0.1, 0.15) is 5.54 Å². The molecule has 1 aromatic carbocycles. The molecule has 0 aliphatic rings. The van der Waals surface area contributed by atoms with Crippen LogP contribution in [0.5, 0.6) is 0 Å². The Morgan fingerprint density at radius 2 is 1.96 bits per heavy atom. The van der Waals surface area contributed by atoms with Crippen molar-refractivity contribution in [3.05, 3.63) is 47.8 Å². The van der Waals surface area contributed by atoms with Crippen molar-refractivity contribution in [1.82, 2.24) is 15.1 Å². The highest BCUT2D eigenvalue weighted by Crippen LogP contribution is 2.30. The highest BCUT2D eigenvalue weighted by atomic mass is 19.4. The van der Waals surface area contributed by atoms with Crippen molar-refractivity contribution in [2.24, 2.45) is 0 Å². The van der Waals surface area contributed by atoms with Gasteiger partial charge in [-0.1, -0.05) is 13.0 Å². The van der Waals surface area contributed by atoms with E-state index in [4.69, 9.17) is 0 Å². The van der Waals surface area contributed by atoms with Crippen molar-refractivity contribution in [1.29, 1.82) is 0 Å². The van der Waals surface area contributed by atoms with E-state index in [9.17, 15) is 27.9 Å². The number of amides is 1. The number of hydrogen-bond acceptors (Lipinski definition) is 3. The van der Waals surface area contributed by atoms with Crippen LogP contribution in [0.4, 0.5) is 13.2 Å². The Labute approximate surface area is 141 Å². The highest BCUT2D eigenvalue weighted by molar-refractivity contribution is 5.96. The summed E-state index contributed by atoms with van der Waals surface area (Å²) in [5, 5.41) is 15.5. The van der Waals surface area contributed by atoms with E-state index < -0.39 is 29.2 Å². The van der Waals surface area contributed by atoms with E-state index in [0.717, 1.165) is 16.8 Å². The molecule has 9 heteroatoms. The maximum atomic E-state index is 12.8. The molecule has 1 unspecified atom stereocenters. The number of nitrogens with one attached hydrogen (secondary N) is 1. The summed E-state index contributed by atoms with van der Waals surface area (Å²) in [7, 11) is 0. The lowest BCUT2D eigenvalue weighted by Gasteiger charge is -2.23. The second kappa shape index (κ2) is 6.58. The van der Waals surface area contributed by atoms with Crippen molar-refractivity contribution >= 4 is 11.9 Å². The van der Waals surface area contributed by atoms with Crippen LogP contribution in [0.15, 0.2) is 36.5 Å². The normalized spacial score (nSPS) is 14.0. The van der Waals surface area contributed by atoms with Crippen LogP contribution in [-0.2, 0) is 11.0 Å². The lowest BCUT2D eigenvalue weighted by molar-refractivity contribution is -0.144. The summed E-state index contributed by atoms with van der Waals surface area (Å²) in [5.74, 6) is -1.92. The summed E-state index contributed by atoms with van der Waals surface area (Å²) in [6, 6.07) is 5.78. The van der Waals surface area contributed by atoms with Crippen molar-refractivity contribution in [3.8, 4) is 5.69 Å². The minimum atomic E-state index is -4.49. The van der Waals surface area contributed by atoms with E-state index in [1.165, 1.54) is 31.3 Å². The van der Waals surface area contributed by atoms with Gasteiger partial charge in [0.25, 0.3) is 5.91 Å². The minimum Gasteiger partial charge on any atom is -0.480 e. The predicted molar refractivity (Wildman–Crippen MR) is 82.4 cm³/mol. The van der Waals surface area contributed by atoms with Crippen LogP contribution in [0.2, 0.25) is 0 Å². The van der Waals surface area contributed by atoms with E-state index in [2.05, 4.69) is 10.4 Å². The predicted octanol–water partition coefficient (Wildman–Crippen LogP) is 2.87. The summed E-state index contributed by atoms with van der Waals surface area (Å²) in [6.45, 7) is 2.96. The molecule has 2 rings (SSSR count). The zero-order valence-corrected chi connectivity index (χ0v) is 13.5. The molecule has 134 valence electrons. The molecule has 25 heavy (non-hydrogen) atoms. The molecule has 1 aromatic heterocycles. The zero-order chi connectivity index (χ0) is 18.8. The number of carboxylic acid groups (broad SMARTS) is 1. The van der Waals surface area contributed by atoms with Gasteiger partial charge in [-0.05, 0) is 37.6 Å². The van der Waals surface area contributed by atoms with E-state index in [0.29, 0.717) is 0 Å². The molecule has 0 saturated heterocycles. The fraction of sp³-hybridized carbons (Fsp3) is 0.312. The van der Waals surface area contributed by atoms with Crippen LogP contribution in [0.1, 0.15) is 36.3 Å². The van der Waals surface area contributed by atoms with E-state index >= 15 is 0 Å². The van der Waals surface area contributed by atoms with Crippen LogP contribution >= 0.6 is 0 Å². The van der Waals surface area contributed by atoms with Gasteiger partial charge in [0.2, 0.25) is 0 Å². The van der Waals surface area contributed by atoms with Crippen LogP contribution in [0.25, 0.3) is 5.69 Å². The number of hydrogen-bond donors (Lipinski definition) is 2. The third-order valence-corrected chi connectivity index (χ3v) is 3.83. The molecule has 0 saturated carbocycles. The fourth-order valence-electron chi connectivity index (χ4n) is 2.02. The largest absolute Gasteiger partial charge is 0.480 e. The van der Waals surface area contributed by atoms with Gasteiger partial charge in [0.15, 0.2) is 5.69 Å². The maximum Gasteiger partial charge on any atom is 0.416 e. The highest BCUT2D eigenvalue weighted by Gasteiger charge is 2.34. The number of alkyl halides is 3. The molecule has 1 amide bonds. The Bertz CT molecular complexity index is 801. The molecule has 6 nitrogen and oxygen atoms in total. The number of carbonyl (C=O) groups excluding carboxylic acids is 1. The van der Waals surface area contributed by atoms with Crippen molar-refractivity contribution in [2.45, 2.75) is 32.0 Å². The summed E-state index contributed by atoms with van der Waals surface area (Å²) in [5.41, 5.74) is -2.27. The molecule has 0 aliphatic heterocycles. The molecule has 0 aliphatic carbocycles. The lowest BCUT2D eigenvalue weighted by atomic mass is 9.99. The van der Waals surface area contributed by atoms with Gasteiger partial charge in [-0.2, -0.15) is 18.3 Å². The second-order valence-electron chi connectivity index (χ2n) is 5.64. The van der Waals surface area contributed by atoms with Gasteiger partial charge in [-0.3, -0.25) is 4.79 Å². The monoisotopic (exact) mass is 355 g/mol. The molecular formula is C16H16F3N3O3. The molecule has 1 heterocycles. The third-order valence-electron chi connectivity index (χ3n) is 3.83. The zero-order valence-electron chi connectivity index (χ0n) is 13.5. The van der Waals surface area contributed by atoms with Crippen molar-refractivity contribution < 1.29 is 27.9 Å². The van der Waals surface area contributed by atoms with E-state index in [1.54, 1.807) is 6.92 Å². The van der Waals surface area contributed by atoms with Crippen LogP contribution < -0.4 is 5.32 Å². The minimum absolute atomic E-state index is 0.0988. The van der Waals surface area contributed by atoms with Crippen LogP contribution in [0.3, 0.4) is 0 Å². The third kappa shape index (κ3) is 3.98. The van der Waals surface area contributed by atoms with Gasteiger partial charge in [0, 0.05) is 6.20 Å². The number of carboxylic acids is 1. The van der Waals surface area contributed by atoms with Gasteiger partial charge in [-0.15, -0.1) is 0 Å². The summed E-state index contributed by atoms with van der Waals surface area (Å²) in [6.07, 6.45) is -3.01. The maximum absolute atomic E-state index is 12.8. The van der Waals surface area contributed by atoms with Crippen molar-refractivity contribution in [2.75, 3.05) is 0 Å². The van der Waals surface area contributed by atoms with Gasteiger partial charge < -0.3 is 10.4 Å². The molecule has 0 radical (unpaired) electrons. The standard InChI is InChI=1S/C16H16F3N3O3/c1-3-15(2,14(24)25)20-13(23)12-7-8-22(21-12)11-6-4-5-10(9-11)16(17,18)19/h4-9H,3H2,1-2H3,(H,20,23)(H,24,25). The first-order valence-electron chi connectivity index (χ1n) is 7.36. The molecule has 0 spiro atoms. The molecule has 2 aromatic rings. The summed E-state index contributed by atoms with van der Waals surface area (Å²) in [4.78, 5) is 23.4. The number of aliphatic carboxylic acids is 1.